The fourth-order valence-corrected chi connectivity index (χ4v) is 3.51. The highest BCUT2D eigenvalue weighted by atomic mass is 79.9. The zero-order chi connectivity index (χ0) is 12.8. The molecule has 17 heavy (non-hydrogen) atoms. The highest BCUT2D eigenvalue weighted by molar-refractivity contribution is 9.11. The summed E-state index contributed by atoms with van der Waals surface area (Å²) in [6, 6.07) is 3.42. The van der Waals surface area contributed by atoms with Crippen LogP contribution in [0.1, 0.15) is 18.9 Å². The van der Waals surface area contributed by atoms with Gasteiger partial charge in [0.15, 0.2) is 5.60 Å². The third-order valence-electron chi connectivity index (χ3n) is 2.60. The molecule has 1 aromatic rings. The molecule has 0 aliphatic carbocycles. The Bertz CT molecular complexity index is 530. The van der Waals surface area contributed by atoms with Crippen LogP contribution >= 0.6 is 31.9 Å². The van der Waals surface area contributed by atoms with E-state index in [9.17, 15) is 14.7 Å². The van der Waals surface area contributed by atoms with Crippen molar-refractivity contribution in [3.05, 3.63) is 26.6 Å². The number of carbonyl (C=O) groups excluding carboxylic acids is 2. The molecule has 0 aromatic heterocycles. The molecule has 1 aromatic carbocycles. The minimum atomic E-state index is -1.78. The maximum absolute atomic E-state index is 11.8. The minimum Gasteiger partial charge on any atom is -0.375 e. The number of Topliss-reactive ketones (excluding diaryl/α,β-unsaturated/α-hetero) is 1. The van der Waals surface area contributed by atoms with Gasteiger partial charge in [-0.1, -0.05) is 31.9 Å². The number of fused-ring (bicyclic) bond motifs is 1. The number of halogens is 2. The Labute approximate surface area is 115 Å². The highest BCUT2D eigenvalue weighted by Crippen LogP contribution is 2.44. The van der Waals surface area contributed by atoms with Crippen LogP contribution in [-0.4, -0.2) is 16.8 Å². The third-order valence-corrected chi connectivity index (χ3v) is 3.68. The van der Waals surface area contributed by atoms with Gasteiger partial charge in [-0.15, -0.1) is 0 Å². The van der Waals surface area contributed by atoms with Gasteiger partial charge in [0.2, 0.25) is 0 Å². The van der Waals surface area contributed by atoms with Crippen LogP contribution in [0, 0.1) is 0 Å². The molecule has 0 unspecified atom stereocenters. The van der Waals surface area contributed by atoms with Crippen LogP contribution in [0.5, 0.6) is 0 Å². The number of hydrogen-bond acceptors (Lipinski definition) is 3. The smallest absolute Gasteiger partial charge is 0.261 e. The molecule has 4 nitrogen and oxygen atoms in total. The van der Waals surface area contributed by atoms with Crippen LogP contribution in [0.3, 0.4) is 0 Å². The number of carbonyl (C=O) groups is 2. The van der Waals surface area contributed by atoms with E-state index >= 15 is 0 Å². The fourth-order valence-electron chi connectivity index (χ4n) is 1.96. The molecule has 0 fully saturated rings. The van der Waals surface area contributed by atoms with Gasteiger partial charge in [-0.25, -0.2) is 0 Å². The van der Waals surface area contributed by atoms with Gasteiger partial charge in [-0.2, -0.15) is 0 Å². The lowest BCUT2D eigenvalue weighted by atomic mass is 9.90. The first-order chi connectivity index (χ1) is 7.84. The van der Waals surface area contributed by atoms with E-state index in [1.54, 1.807) is 12.1 Å². The lowest BCUT2D eigenvalue weighted by molar-refractivity contribution is -0.139. The summed E-state index contributed by atoms with van der Waals surface area (Å²) in [5.41, 5.74) is -0.846. The SMILES string of the molecule is CC(=O)C[C@@]1(O)C(=O)Nc2cc(Br)cc(Br)c21. The number of nitrogens with one attached hydrogen (secondary N) is 1. The maximum Gasteiger partial charge on any atom is 0.261 e. The average molecular weight is 363 g/mol. The van der Waals surface area contributed by atoms with Crippen LogP contribution in [0.15, 0.2) is 21.1 Å². The van der Waals surface area contributed by atoms with Crippen LogP contribution < -0.4 is 5.32 Å². The van der Waals surface area contributed by atoms with Gasteiger partial charge in [0.1, 0.15) is 5.78 Å². The van der Waals surface area contributed by atoms with Gasteiger partial charge in [0.25, 0.3) is 5.91 Å². The van der Waals surface area contributed by atoms with Gasteiger partial charge in [0.05, 0.1) is 0 Å². The largest absolute Gasteiger partial charge is 0.375 e. The van der Waals surface area contributed by atoms with Crippen molar-refractivity contribution in [2.45, 2.75) is 18.9 Å². The summed E-state index contributed by atoms with van der Waals surface area (Å²) in [6.45, 7) is 1.34. The molecule has 1 amide bonds. The Hall–Kier alpha value is -0.720. The van der Waals surface area contributed by atoms with E-state index in [-0.39, 0.29) is 12.2 Å². The number of aliphatic hydroxyl groups is 1. The second kappa shape index (κ2) is 4.19. The van der Waals surface area contributed by atoms with Crippen LogP contribution in [-0.2, 0) is 15.2 Å². The second-order valence-electron chi connectivity index (χ2n) is 4.00. The van der Waals surface area contributed by atoms with Gasteiger partial charge < -0.3 is 10.4 Å². The van der Waals surface area contributed by atoms with Crippen molar-refractivity contribution < 1.29 is 14.7 Å². The lowest BCUT2D eigenvalue weighted by Crippen LogP contribution is -2.36. The van der Waals surface area contributed by atoms with E-state index in [1.807, 2.05) is 0 Å². The standard InChI is InChI=1S/C11H9Br2NO3/c1-5(15)4-11(17)9-7(13)2-6(12)3-8(9)14-10(11)16/h2-3,17H,4H2,1H3,(H,14,16)/t11-/m0/s1. The summed E-state index contributed by atoms with van der Waals surface area (Å²) < 4.78 is 1.36. The quantitative estimate of drug-likeness (QED) is 0.848. The Kier molecular flexibility index (Phi) is 3.14. The van der Waals surface area contributed by atoms with E-state index in [2.05, 4.69) is 37.2 Å². The maximum atomic E-state index is 11.8. The number of benzene rings is 1. The molecule has 6 heteroatoms. The molecule has 1 heterocycles. The predicted octanol–water partition coefficient (Wildman–Crippen LogP) is 2.33. The molecular weight excluding hydrogens is 354 g/mol. The second-order valence-corrected chi connectivity index (χ2v) is 5.77. The fraction of sp³-hybridized carbons (Fsp3) is 0.273. The molecule has 2 rings (SSSR count). The summed E-state index contributed by atoms with van der Waals surface area (Å²) in [5.74, 6) is -0.813. The molecule has 2 N–H and O–H groups in total. The number of ketones is 1. The van der Waals surface area contributed by atoms with E-state index in [0.717, 1.165) is 4.47 Å². The third kappa shape index (κ3) is 2.05. The van der Waals surface area contributed by atoms with Crippen LogP contribution in [0.4, 0.5) is 5.69 Å². The van der Waals surface area contributed by atoms with E-state index < -0.39 is 11.5 Å². The Morgan fingerprint density at radius 1 is 1.47 bits per heavy atom. The molecular formula is C11H9Br2NO3. The van der Waals surface area contributed by atoms with E-state index in [0.29, 0.717) is 15.7 Å². The van der Waals surface area contributed by atoms with Gasteiger partial charge in [-0.3, -0.25) is 9.59 Å². The molecule has 0 saturated carbocycles. The minimum absolute atomic E-state index is 0.230. The van der Waals surface area contributed by atoms with Crippen molar-refractivity contribution in [3.8, 4) is 0 Å². The van der Waals surface area contributed by atoms with Crippen LogP contribution in [0.25, 0.3) is 0 Å². The Morgan fingerprint density at radius 3 is 2.71 bits per heavy atom. The predicted molar refractivity (Wildman–Crippen MR) is 69.7 cm³/mol. The number of hydrogen-bond donors (Lipinski definition) is 2. The summed E-state index contributed by atoms with van der Waals surface area (Å²) in [4.78, 5) is 23.0. The average Bonchev–Trinajstić information content (AvgIpc) is 2.36. The molecule has 0 bridgehead atoms. The highest BCUT2D eigenvalue weighted by Gasteiger charge is 2.47. The monoisotopic (exact) mass is 361 g/mol. The van der Waals surface area contributed by atoms with Gasteiger partial charge >= 0.3 is 0 Å². The number of anilines is 1. The van der Waals surface area contributed by atoms with Crippen molar-refractivity contribution in [1.82, 2.24) is 0 Å². The van der Waals surface area contributed by atoms with Crippen molar-refractivity contribution >= 4 is 49.2 Å². The first-order valence-electron chi connectivity index (χ1n) is 4.87. The summed E-state index contributed by atoms with van der Waals surface area (Å²) >= 11 is 6.59. The summed E-state index contributed by atoms with van der Waals surface area (Å²) in [7, 11) is 0. The molecule has 1 aliphatic rings. The molecule has 1 atom stereocenters. The van der Waals surface area contributed by atoms with Gasteiger partial charge in [0, 0.05) is 26.6 Å². The van der Waals surface area contributed by atoms with Crippen molar-refractivity contribution in [2.75, 3.05) is 5.32 Å². The molecule has 0 radical (unpaired) electrons. The Balaban J connectivity index is 2.61. The molecule has 90 valence electrons. The van der Waals surface area contributed by atoms with Gasteiger partial charge in [-0.05, 0) is 19.1 Å². The first kappa shape index (κ1) is 12.7. The zero-order valence-corrected chi connectivity index (χ0v) is 12.1. The molecule has 0 saturated heterocycles. The first-order valence-corrected chi connectivity index (χ1v) is 6.46. The van der Waals surface area contributed by atoms with Crippen molar-refractivity contribution in [3.63, 3.8) is 0 Å². The summed E-state index contributed by atoms with van der Waals surface area (Å²) in [5, 5.41) is 12.9. The topological polar surface area (TPSA) is 66.4 Å². The zero-order valence-electron chi connectivity index (χ0n) is 8.88. The lowest BCUT2D eigenvalue weighted by Gasteiger charge is -2.20. The number of amides is 1. The van der Waals surface area contributed by atoms with Crippen molar-refractivity contribution in [2.24, 2.45) is 0 Å². The van der Waals surface area contributed by atoms with E-state index in [4.69, 9.17) is 0 Å². The molecule has 0 spiro atoms. The van der Waals surface area contributed by atoms with Crippen LogP contribution in [0.2, 0.25) is 0 Å². The van der Waals surface area contributed by atoms with Crippen molar-refractivity contribution in [1.29, 1.82) is 0 Å². The number of rotatable bonds is 2. The Morgan fingerprint density at radius 2 is 2.12 bits per heavy atom. The summed E-state index contributed by atoms with van der Waals surface area (Å²) in [6.07, 6.45) is -0.230. The van der Waals surface area contributed by atoms with E-state index in [1.165, 1.54) is 6.92 Å². The molecule has 1 aliphatic heterocycles. The normalized spacial score (nSPS) is 22.2.